The zero-order valence-corrected chi connectivity index (χ0v) is 17.1. The summed E-state index contributed by atoms with van der Waals surface area (Å²) in [6.45, 7) is 0.306. The van der Waals surface area contributed by atoms with E-state index in [0.29, 0.717) is 34.3 Å². The topological polar surface area (TPSA) is 87.8 Å². The maximum absolute atomic E-state index is 12.2. The second-order valence-corrected chi connectivity index (χ2v) is 7.17. The molecule has 3 aromatic rings. The molecule has 1 saturated heterocycles. The van der Waals surface area contributed by atoms with Crippen LogP contribution in [-0.4, -0.2) is 46.3 Å². The summed E-state index contributed by atoms with van der Waals surface area (Å²) in [4.78, 5) is 18.5. The number of hydrogen-bond acceptors (Lipinski definition) is 6. The summed E-state index contributed by atoms with van der Waals surface area (Å²) >= 11 is 5.50. The number of nitrogens with zero attached hydrogens (tertiary/aromatic N) is 2. The lowest BCUT2D eigenvalue weighted by Crippen LogP contribution is -2.32. The Morgan fingerprint density at radius 2 is 2.03 bits per heavy atom. The van der Waals surface area contributed by atoms with Crippen LogP contribution < -0.4 is 5.32 Å². The van der Waals surface area contributed by atoms with Crippen LogP contribution >= 0.6 is 12.2 Å². The number of methoxy groups -OCH3 is 1. The van der Waals surface area contributed by atoms with E-state index in [1.54, 1.807) is 18.3 Å². The van der Waals surface area contributed by atoms with E-state index >= 15 is 0 Å². The molecule has 7 nitrogen and oxygen atoms in total. The van der Waals surface area contributed by atoms with E-state index in [0.717, 1.165) is 5.69 Å². The average Bonchev–Trinajstić information content (AvgIpc) is 3.39. The second kappa shape index (κ2) is 8.64. The first-order valence-corrected chi connectivity index (χ1v) is 9.91. The van der Waals surface area contributed by atoms with E-state index < -0.39 is 5.97 Å². The third kappa shape index (κ3) is 3.67. The van der Waals surface area contributed by atoms with Crippen LogP contribution in [0, 0.1) is 0 Å². The zero-order valence-electron chi connectivity index (χ0n) is 16.3. The number of aromatic nitrogens is 1. The first-order chi connectivity index (χ1) is 14.6. The molecular formula is C22H21N3O4S. The van der Waals surface area contributed by atoms with Crippen LogP contribution in [0.25, 0.3) is 11.3 Å². The van der Waals surface area contributed by atoms with E-state index in [1.165, 1.54) is 7.11 Å². The van der Waals surface area contributed by atoms with E-state index in [9.17, 15) is 9.90 Å². The van der Waals surface area contributed by atoms with Crippen LogP contribution in [0.3, 0.4) is 0 Å². The molecule has 0 amide bonds. The Balaban J connectivity index is 1.74. The number of carbonyl (C=O) groups excluding carboxylic acids is 1. The molecule has 1 aromatic carbocycles. The summed E-state index contributed by atoms with van der Waals surface area (Å²) in [5, 5.41) is 13.4. The van der Waals surface area contributed by atoms with Gasteiger partial charge in [0, 0.05) is 18.3 Å². The number of nitrogens with one attached hydrogen (secondary N) is 1. The molecule has 0 saturated carbocycles. The van der Waals surface area contributed by atoms with Crippen LogP contribution in [0.2, 0.25) is 0 Å². The van der Waals surface area contributed by atoms with E-state index in [-0.39, 0.29) is 18.7 Å². The highest BCUT2D eigenvalue weighted by atomic mass is 32.1. The highest BCUT2D eigenvalue weighted by molar-refractivity contribution is 7.80. The monoisotopic (exact) mass is 423 g/mol. The fourth-order valence-electron chi connectivity index (χ4n) is 3.71. The fourth-order valence-corrected chi connectivity index (χ4v) is 4.04. The minimum absolute atomic E-state index is 0.0496. The number of rotatable bonds is 6. The van der Waals surface area contributed by atoms with Gasteiger partial charge < -0.3 is 24.5 Å². The van der Waals surface area contributed by atoms with Crippen LogP contribution in [0.15, 0.2) is 65.2 Å². The van der Waals surface area contributed by atoms with Crippen molar-refractivity contribution in [2.24, 2.45) is 0 Å². The summed E-state index contributed by atoms with van der Waals surface area (Å²) in [6, 6.07) is 16.0. The van der Waals surface area contributed by atoms with Crippen molar-refractivity contribution in [3.8, 4) is 11.3 Å². The van der Waals surface area contributed by atoms with Gasteiger partial charge in [-0.2, -0.15) is 0 Å². The minimum atomic E-state index is -0.430. The first-order valence-electron chi connectivity index (χ1n) is 9.50. The van der Waals surface area contributed by atoms with Crippen LogP contribution in [0.1, 0.15) is 33.9 Å². The Kier molecular flexibility index (Phi) is 5.78. The number of carbonyl (C=O) groups is 1. The van der Waals surface area contributed by atoms with Crippen molar-refractivity contribution in [2.45, 2.75) is 12.1 Å². The van der Waals surface area contributed by atoms with Crippen LogP contribution in [-0.2, 0) is 4.74 Å². The van der Waals surface area contributed by atoms with Gasteiger partial charge in [0.2, 0.25) is 0 Å². The van der Waals surface area contributed by atoms with Crippen molar-refractivity contribution < 1.29 is 19.1 Å². The van der Waals surface area contributed by atoms with Crippen LogP contribution in [0.5, 0.6) is 0 Å². The third-order valence-electron chi connectivity index (χ3n) is 5.05. The Hall–Kier alpha value is -3.23. The lowest BCUT2D eigenvalue weighted by atomic mass is 10.0. The van der Waals surface area contributed by atoms with Gasteiger partial charge in [-0.05, 0) is 42.5 Å². The van der Waals surface area contributed by atoms with Gasteiger partial charge in [0.15, 0.2) is 5.11 Å². The molecule has 0 bridgehead atoms. The molecule has 2 atom stereocenters. The number of thiocarbonyl (C=S) groups is 1. The van der Waals surface area contributed by atoms with Gasteiger partial charge in [0.05, 0.1) is 31.0 Å². The molecule has 4 rings (SSSR count). The quantitative estimate of drug-likeness (QED) is 0.462. The lowest BCUT2D eigenvalue weighted by molar-refractivity contribution is 0.0601. The average molecular weight is 423 g/mol. The predicted molar refractivity (Wildman–Crippen MR) is 115 cm³/mol. The largest absolute Gasteiger partial charge is 0.465 e. The Morgan fingerprint density at radius 3 is 2.77 bits per heavy atom. The van der Waals surface area contributed by atoms with E-state index in [2.05, 4.69) is 10.3 Å². The fraction of sp³-hybridized carbons (Fsp3) is 0.227. The zero-order chi connectivity index (χ0) is 21.1. The summed E-state index contributed by atoms with van der Waals surface area (Å²) in [5.41, 5.74) is 1.89. The summed E-state index contributed by atoms with van der Waals surface area (Å²) < 4.78 is 11.1. The Morgan fingerprint density at radius 1 is 1.23 bits per heavy atom. The van der Waals surface area contributed by atoms with Gasteiger partial charge in [-0.3, -0.25) is 4.98 Å². The molecule has 1 fully saturated rings. The van der Waals surface area contributed by atoms with E-state index in [1.807, 2.05) is 47.4 Å². The number of esters is 1. The van der Waals surface area contributed by atoms with Crippen molar-refractivity contribution in [2.75, 3.05) is 20.3 Å². The predicted octanol–water partition coefficient (Wildman–Crippen LogP) is 3.09. The smallest absolute Gasteiger partial charge is 0.338 e. The number of pyridine rings is 1. The molecule has 3 heterocycles. The Bertz CT molecular complexity index is 1050. The molecule has 154 valence electrons. The highest BCUT2D eigenvalue weighted by Gasteiger charge is 2.41. The number of β-amino-alcohol motifs (C(OH)–C–C–N with tert-alkyl or cyclic N) is 1. The molecule has 1 aliphatic rings. The summed E-state index contributed by atoms with van der Waals surface area (Å²) in [7, 11) is 1.35. The molecule has 2 N–H and O–H groups in total. The van der Waals surface area contributed by atoms with Crippen molar-refractivity contribution in [3.05, 3.63) is 77.8 Å². The van der Waals surface area contributed by atoms with Crippen LogP contribution in [0.4, 0.5) is 0 Å². The highest BCUT2D eigenvalue weighted by Crippen LogP contribution is 2.40. The maximum Gasteiger partial charge on any atom is 0.338 e. The van der Waals surface area contributed by atoms with Gasteiger partial charge >= 0.3 is 5.97 Å². The second-order valence-electron chi connectivity index (χ2n) is 6.78. The van der Waals surface area contributed by atoms with Crippen molar-refractivity contribution in [1.29, 1.82) is 0 Å². The Labute approximate surface area is 179 Å². The number of aliphatic hydroxyl groups is 1. The number of aliphatic hydroxyl groups excluding tert-OH is 1. The number of benzene rings is 1. The van der Waals surface area contributed by atoms with Crippen molar-refractivity contribution >= 4 is 23.3 Å². The molecule has 0 aliphatic carbocycles. The molecule has 2 unspecified atom stereocenters. The molecule has 0 radical (unpaired) electrons. The molecule has 1 aliphatic heterocycles. The molecular weight excluding hydrogens is 402 g/mol. The molecule has 8 heteroatoms. The third-order valence-corrected chi connectivity index (χ3v) is 5.41. The molecule has 0 spiro atoms. The number of furan rings is 1. The van der Waals surface area contributed by atoms with Gasteiger partial charge in [0.25, 0.3) is 0 Å². The van der Waals surface area contributed by atoms with Crippen molar-refractivity contribution in [3.63, 3.8) is 0 Å². The number of hydrogen-bond donors (Lipinski definition) is 2. The first kappa shape index (κ1) is 20.1. The number of ether oxygens (including phenoxy) is 1. The lowest BCUT2D eigenvalue weighted by Gasteiger charge is -2.25. The van der Waals surface area contributed by atoms with Crippen molar-refractivity contribution in [1.82, 2.24) is 15.2 Å². The van der Waals surface area contributed by atoms with E-state index in [4.69, 9.17) is 21.4 Å². The molecule has 30 heavy (non-hydrogen) atoms. The SMILES string of the molecule is COC(=O)c1ccccc1-c1ccc(C2C(c3ccccn3)NC(=S)N2CCO)o1. The molecule has 2 aromatic heterocycles. The summed E-state index contributed by atoms with van der Waals surface area (Å²) in [6.07, 6.45) is 1.73. The summed E-state index contributed by atoms with van der Waals surface area (Å²) in [5.74, 6) is 0.772. The van der Waals surface area contributed by atoms with Gasteiger partial charge in [-0.1, -0.05) is 24.3 Å². The minimum Gasteiger partial charge on any atom is -0.465 e. The maximum atomic E-state index is 12.2. The van der Waals surface area contributed by atoms with Gasteiger partial charge in [-0.25, -0.2) is 4.79 Å². The standard InChI is InChI=1S/C22H21N3O4S/c1-28-21(27)15-7-3-2-6-14(15)17-9-10-18(29-17)20-19(16-8-4-5-11-23-16)24-22(30)25(20)12-13-26/h2-11,19-20,26H,12-13H2,1H3,(H,24,30). The normalized spacial score (nSPS) is 18.3. The van der Waals surface area contributed by atoms with Gasteiger partial charge in [-0.15, -0.1) is 0 Å². The van der Waals surface area contributed by atoms with Gasteiger partial charge in [0.1, 0.15) is 17.6 Å².